The van der Waals surface area contributed by atoms with Gasteiger partial charge in [-0.25, -0.2) is 5.43 Å². The van der Waals surface area contributed by atoms with E-state index >= 15 is 0 Å². The summed E-state index contributed by atoms with van der Waals surface area (Å²) < 4.78 is 37.4. The summed E-state index contributed by atoms with van der Waals surface area (Å²) in [6.07, 6.45) is -0.547. The number of halogens is 4. The Morgan fingerprint density at radius 3 is 2.80 bits per heavy atom. The van der Waals surface area contributed by atoms with Gasteiger partial charge >= 0.3 is 6.18 Å². The predicted molar refractivity (Wildman–Crippen MR) is 89.4 cm³/mol. The van der Waals surface area contributed by atoms with Crippen LogP contribution in [-0.4, -0.2) is 34.0 Å². The van der Waals surface area contributed by atoms with Crippen molar-refractivity contribution in [3.05, 3.63) is 36.4 Å². The number of pyridine rings is 1. The Balaban J connectivity index is 2.09. The highest BCUT2D eigenvalue weighted by atomic mass is 35.5. The predicted octanol–water partition coefficient (Wildman–Crippen LogP) is 3.64. The molecule has 1 N–H and O–H groups in total. The van der Waals surface area contributed by atoms with Crippen LogP contribution < -0.4 is 10.4 Å². The molecule has 138 valence electrons. The quantitative estimate of drug-likeness (QED) is 0.608. The van der Waals surface area contributed by atoms with Crippen LogP contribution in [0.15, 0.2) is 36.4 Å². The Morgan fingerprint density at radius 1 is 1.52 bits per heavy atom. The summed E-state index contributed by atoms with van der Waals surface area (Å²) in [4.78, 5) is 17.9. The molecule has 0 spiro atoms. The molecule has 2 rings (SSSR count). The van der Waals surface area contributed by atoms with Crippen molar-refractivity contribution in [2.45, 2.75) is 38.4 Å². The van der Waals surface area contributed by atoms with Gasteiger partial charge in [0.05, 0.1) is 17.6 Å². The number of hydrogen-bond donors (Lipinski definition) is 1. The van der Waals surface area contributed by atoms with Gasteiger partial charge in [0.25, 0.3) is 0 Å². The maximum atomic E-state index is 12.5. The van der Waals surface area contributed by atoms with Crippen LogP contribution in [0.5, 0.6) is 0 Å². The molecule has 0 bridgehead atoms. The third kappa shape index (κ3) is 5.34. The molecule has 0 aromatic carbocycles. The van der Waals surface area contributed by atoms with Crippen LogP contribution in [0.3, 0.4) is 0 Å². The normalized spacial score (nSPS) is 18.9. The highest BCUT2D eigenvalue weighted by Gasteiger charge is 2.33. The van der Waals surface area contributed by atoms with Crippen molar-refractivity contribution in [1.29, 1.82) is 0 Å². The van der Waals surface area contributed by atoms with Crippen LogP contribution in [0.2, 0.25) is 0 Å². The first-order valence-corrected chi connectivity index (χ1v) is 8.33. The lowest BCUT2D eigenvalue weighted by Gasteiger charge is -2.25. The second-order valence-electron chi connectivity index (χ2n) is 5.89. The van der Waals surface area contributed by atoms with E-state index in [4.69, 9.17) is 11.6 Å². The molecule has 0 saturated carbocycles. The molecule has 0 radical (unpaired) electrons. The maximum Gasteiger partial charge on any atom is 0.389 e. The molecule has 2 atom stereocenters. The average molecular weight is 377 g/mol. The molecular weight excluding hydrogens is 357 g/mol. The minimum Gasteiger partial charge on any atom is -0.312 e. The zero-order valence-corrected chi connectivity index (χ0v) is 14.7. The number of amides is 1. The van der Waals surface area contributed by atoms with Gasteiger partial charge in [0.15, 0.2) is 0 Å². The smallest absolute Gasteiger partial charge is 0.312 e. The lowest BCUT2D eigenvalue weighted by atomic mass is 10.0. The van der Waals surface area contributed by atoms with Crippen molar-refractivity contribution in [2.24, 2.45) is 5.92 Å². The molecule has 9 heteroatoms. The zero-order chi connectivity index (χ0) is 18.6. The van der Waals surface area contributed by atoms with Gasteiger partial charge in [-0.3, -0.25) is 14.8 Å². The van der Waals surface area contributed by atoms with E-state index in [-0.39, 0.29) is 12.3 Å². The number of rotatable bonds is 6. The van der Waals surface area contributed by atoms with Crippen molar-refractivity contribution >= 4 is 23.2 Å². The van der Waals surface area contributed by atoms with Gasteiger partial charge in [0, 0.05) is 31.8 Å². The molecule has 1 aromatic heterocycles. The molecular formula is C16H20ClF3N4O. The van der Waals surface area contributed by atoms with Gasteiger partial charge in [0.1, 0.15) is 5.50 Å². The minimum atomic E-state index is -4.28. The molecule has 1 aliphatic rings. The highest BCUT2D eigenvalue weighted by Crippen LogP contribution is 2.29. The van der Waals surface area contributed by atoms with Crippen LogP contribution >= 0.6 is 11.6 Å². The van der Waals surface area contributed by atoms with E-state index < -0.39 is 24.0 Å². The largest absolute Gasteiger partial charge is 0.389 e. The molecule has 2 heterocycles. The molecule has 0 saturated heterocycles. The van der Waals surface area contributed by atoms with Gasteiger partial charge in [-0.1, -0.05) is 18.5 Å². The molecule has 0 fully saturated rings. The van der Waals surface area contributed by atoms with E-state index in [1.165, 1.54) is 11.8 Å². The fourth-order valence-corrected chi connectivity index (χ4v) is 2.93. The summed E-state index contributed by atoms with van der Waals surface area (Å²) in [5.41, 5.74) is 3.54. The van der Waals surface area contributed by atoms with E-state index in [0.29, 0.717) is 12.2 Å². The summed E-state index contributed by atoms with van der Waals surface area (Å²) in [6, 6.07) is 3.57. The van der Waals surface area contributed by atoms with Crippen molar-refractivity contribution in [3.63, 3.8) is 0 Å². The second kappa shape index (κ2) is 8.05. The van der Waals surface area contributed by atoms with E-state index in [1.54, 1.807) is 36.6 Å². The topological polar surface area (TPSA) is 48.5 Å². The number of aromatic nitrogens is 1. The standard InChI is InChI=1S/C16H20ClF3N4O/c1-3-23(14(25)7-11(2)8-16(18,19)20)13-10-24(22-15(13)17)12-5-4-6-21-9-12/h4-6,9-11,15,22H,3,7-8H2,1-2H3. The third-order valence-corrected chi connectivity index (χ3v) is 4.05. The number of carbonyl (C=O) groups is 1. The minimum absolute atomic E-state index is 0.193. The van der Waals surface area contributed by atoms with Gasteiger partial charge < -0.3 is 4.90 Å². The second-order valence-corrected chi connectivity index (χ2v) is 6.33. The Bertz CT molecular complexity index is 624. The molecule has 0 aliphatic carbocycles. The van der Waals surface area contributed by atoms with Crippen LogP contribution in [0.4, 0.5) is 18.9 Å². The zero-order valence-electron chi connectivity index (χ0n) is 13.9. The van der Waals surface area contributed by atoms with Crippen LogP contribution in [0.1, 0.15) is 26.7 Å². The number of alkyl halides is 4. The molecule has 2 unspecified atom stereocenters. The number of nitrogens with one attached hydrogen (secondary N) is 1. The van der Waals surface area contributed by atoms with E-state index in [0.717, 1.165) is 5.69 Å². The Kier molecular flexibility index (Phi) is 6.29. The van der Waals surface area contributed by atoms with Crippen molar-refractivity contribution < 1.29 is 18.0 Å². The number of nitrogens with zero attached hydrogens (tertiary/aromatic N) is 3. The number of likely N-dealkylation sites (N-methyl/N-ethyl adjacent to an activating group) is 1. The Hall–Kier alpha value is -1.80. The molecule has 25 heavy (non-hydrogen) atoms. The number of hydrazine groups is 1. The van der Waals surface area contributed by atoms with Crippen molar-refractivity contribution in [1.82, 2.24) is 15.3 Å². The fourth-order valence-electron chi connectivity index (χ4n) is 2.65. The lowest BCUT2D eigenvalue weighted by molar-refractivity contribution is -0.147. The highest BCUT2D eigenvalue weighted by molar-refractivity contribution is 6.22. The summed E-state index contributed by atoms with van der Waals surface area (Å²) in [5.74, 6) is -1.18. The lowest BCUT2D eigenvalue weighted by Crippen LogP contribution is -2.38. The van der Waals surface area contributed by atoms with E-state index in [1.807, 2.05) is 6.07 Å². The first kappa shape index (κ1) is 19.5. The summed E-state index contributed by atoms with van der Waals surface area (Å²) in [6.45, 7) is 3.49. The first-order valence-electron chi connectivity index (χ1n) is 7.89. The van der Waals surface area contributed by atoms with Gasteiger partial charge in [0.2, 0.25) is 5.91 Å². The Labute approximate surface area is 149 Å². The van der Waals surface area contributed by atoms with E-state index in [9.17, 15) is 18.0 Å². The molecule has 5 nitrogen and oxygen atoms in total. The fraction of sp³-hybridized carbons (Fsp3) is 0.500. The van der Waals surface area contributed by atoms with Crippen LogP contribution in [-0.2, 0) is 4.79 Å². The molecule has 1 aliphatic heterocycles. The first-order chi connectivity index (χ1) is 11.7. The SMILES string of the molecule is CCN(C(=O)CC(C)CC(F)(F)F)C1=CN(c2cccnc2)NC1Cl. The molecule has 1 amide bonds. The van der Waals surface area contributed by atoms with Gasteiger partial charge in [-0.15, -0.1) is 0 Å². The number of hydrogen-bond acceptors (Lipinski definition) is 4. The van der Waals surface area contributed by atoms with Crippen molar-refractivity contribution in [2.75, 3.05) is 11.6 Å². The Morgan fingerprint density at radius 2 is 2.24 bits per heavy atom. The van der Waals surface area contributed by atoms with Crippen LogP contribution in [0.25, 0.3) is 0 Å². The molecule has 1 aromatic rings. The number of carbonyl (C=O) groups excluding carboxylic acids is 1. The summed E-state index contributed by atoms with van der Waals surface area (Å²) >= 11 is 6.27. The summed E-state index contributed by atoms with van der Waals surface area (Å²) in [5, 5.41) is 1.63. The maximum absolute atomic E-state index is 12.5. The summed E-state index contributed by atoms with van der Waals surface area (Å²) in [7, 11) is 0. The third-order valence-electron chi connectivity index (χ3n) is 3.73. The number of anilines is 1. The van der Waals surface area contributed by atoms with Crippen molar-refractivity contribution in [3.8, 4) is 0 Å². The van der Waals surface area contributed by atoms with Gasteiger partial charge in [-0.2, -0.15) is 13.2 Å². The van der Waals surface area contributed by atoms with Crippen LogP contribution in [0, 0.1) is 5.92 Å². The monoisotopic (exact) mass is 376 g/mol. The van der Waals surface area contributed by atoms with E-state index in [2.05, 4.69) is 10.4 Å². The van der Waals surface area contributed by atoms with Gasteiger partial charge in [-0.05, 0) is 25.0 Å². The average Bonchev–Trinajstić information content (AvgIpc) is 2.89.